The summed E-state index contributed by atoms with van der Waals surface area (Å²) in [5, 5.41) is 3.00. The van der Waals surface area contributed by atoms with Gasteiger partial charge in [0.15, 0.2) is 0 Å². The Morgan fingerprint density at radius 1 is 1.10 bits per heavy atom. The van der Waals surface area contributed by atoms with Crippen LogP contribution in [0, 0.1) is 19.8 Å². The predicted molar refractivity (Wildman–Crippen MR) is 117 cm³/mol. The third kappa shape index (κ3) is 5.40. The van der Waals surface area contributed by atoms with E-state index in [-0.39, 0.29) is 17.9 Å². The van der Waals surface area contributed by atoms with Crippen LogP contribution in [0.4, 0.5) is 0 Å². The Bertz CT molecular complexity index is 968. The molecular formula is C23H30N2O4S. The molecule has 0 radical (unpaired) electrons. The van der Waals surface area contributed by atoms with Gasteiger partial charge >= 0.3 is 0 Å². The van der Waals surface area contributed by atoms with E-state index in [4.69, 9.17) is 4.74 Å². The van der Waals surface area contributed by atoms with E-state index in [0.29, 0.717) is 37.4 Å². The SMILES string of the molecule is Cc1ccc(OC[C@@H](C)NC(=O)C2CCN(S(=O)(=O)c3ccccc3)CC2)cc1C. The number of carbonyl (C=O) groups is 1. The highest BCUT2D eigenvalue weighted by molar-refractivity contribution is 7.89. The molecule has 1 aliphatic heterocycles. The van der Waals surface area contributed by atoms with Crippen LogP contribution in [0.1, 0.15) is 30.9 Å². The zero-order valence-electron chi connectivity index (χ0n) is 17.8. The molecule has 0 aromatic heterocycles. The normalized spacial score (nSPS) is 16.8. The first kappa shape index (κ1) is 22.3. The predicted octanol–water partition coefficient (Wildman–Crippen LogP) is 3.29. The van der Waals surface area contributed by atoms with Crippen LogP contribution in [0.3, 0.4) is 0 Å². The lowest BCUT2D eigenvalue weighted by Crippen LogP contribution is -2.45. The monoisotopic (exact) mass is 430 g/mol. The van der Waals surface area contributed by atoms with Gasteiger partial charge in [0, 0.05) is 19.0 Å². The third-order valence-electron chi connectivity index (χ3n) is 5.57. The fraction of sp³-hybridized carbons (Fsp3) is 0.435. The van der Waals surface area contributed by atoms with E-state index in [9.17, 15) is 13.2 Å². The summed E-state index contributed by atoms with van der Waals surface area (Å²) in [6, 6.07) is 14.2. The van der Waals surface area contributed by atoms with Crippen molar-refractivity contribution in [2.45, 2.75) is 44.6 Å². The van der Waals surface area contributed by atoms with Crippen LogP contribution in [0.5, 0.6) is 5.75 Å². The Morgan fingerprint density at radius 2 is 1.77 bits per heavy atom. The summed E-state index contributed by atoms with van der Waals surface area (Å²) < 4.78 is 32.7. The van der Waals surface area contributed by atoms with E-state index in [1.165, 1.54) is 15.4 Å². The Kier molecular flexibility index (Phi) is 7.15. The average Bonchev–Trinajstić information content (AvgIpc) is 2.75. The van der Waals surface area contributed by atoms with Crippen molar-refractivity contribution >= 4 is 15.9 Å². The van der Waals surface area contributed by atoms with Gasteiger partial charge in [-0.1, -0.05) is 24.3 Å². The largest absolute Gasteiger partial charge is 0.491 e. The molecule has 6 nitrogen and oxygen atoms in total. The van der Waals surface area contributed by atoms with Crippen LogP contribution in [0.25, 0.3) is 0 Å². The zero-order valence-corrected chi connectivity index (χ0v) is 18.6. The van der Waals surface area contributed by atoms with Crippen LogP contribution >= 0.6 is 0 Å². The van der Waals surface area contributed by atoms with E-state index in [1.807, 2.05) is 32.0 Å². The lowest BCUT2D eigenvalue weighted by molar-refractivity contribution is -0.126. The molecule has 1 saturated heterocycles. The summed E-state index contributed by atoms with van der Waals surface area (Å²) in [4.78, 5) is 12.9. The maximum Gasteiger partial charge on any atom is 0.243 e. The molecule has 162 valence electrons. The number of aryl methyl sites for hydroxylation is 2. The number of piperidine rings is 1. The Morgan fingerprint density at radius 3 is 2.40 bits per heavy atom. The zero-order chi connectivity index (χ0) is 21.7. The molecule has 3 rings (SSSR count). The minimum atomic E-state index is -3.50. The van der Waals surface area contributed by atoms with Gasteiger partial charge in [0.05, 0.1) is 10.9 Å². The molecule has 1 fully saturated rings. The van der Waals surface area contributed by atoms with Crippen LogP contribution < -0.4 is 10.1 Å². The molecule has 1 atom stereocenters. The second-order valence-corrected chi connectivity index (χ2v) is 9.90. The standard InChI is InChI=1S/C23H30N2O4S/c1-17-9-10-21(15-18(17)2)29-16-19(3)24-23(26)20-11-13-25(14-12-20)30(27,28)22-7-5-4-6-8-22/h4-10,15,19-20H,11-14,16H2,1-3H3,(H,24,26)/t19-/m1/s1. The van der Waals surface area contributed by atoms with Gasteiger partial charge < -0.3 is 10.1 Å². The molecule has 0 unspecified atom stereocenters. The fourth-order valence-electron chi connectivity index (χ4n) is 3.53. The van der Waals surface area contributed by atoms with E-state index < -0.39 is 10.0 Å². The maximum atomic E-state index is 12.7. The molecule has 0 saturated carbocycles. The van der Waals surface area contributed by atoms with Crippen molar-refractivity contribution in [3.05, 3.63) is 59.7 Å². The topological polar surface area (TPSA) is 75.7 Å². The number of amides is 1. The van der Waals surface area contributed by atoms with Gasteiger partial charge in [0.2, 0.25) is 15.9 Å². The first-order valence-corrected chi connectivity index (χ1v) is 11.8. The molecule has 0 spiro atoms. The summed E-state index contributed by atoms with van der Waals surface area (Å²) in [6.45, 7) is 7.09. The molecule has 30 heavy (non-hydrogen) atoms. The van der Waals surface area contributed by atoms with Crippen molar-refractivity contribution in [3.8, 4) is 5.75 Å². The van der Waals surface area contributed by atoms with E-state index in [1.54, 1.807) is 30.3 Å². The molecule has 2 aromatic carbocycles. The third-order valence-corrected chi connectivity index (χ3v) is 7.49. The first-order valence-electron chi connectivity index (χ1n) is 10.3. The number of benzene rings is 2. The highest BCUT2D eigenvalue weighted by Crippen LogP contribution is 2.24. The van der Waals surface area contributed by atoms with Gasteiger partial charge in [-0.05, 0) is 69.0 Å². The Hall–Kier alpha value is -2.38. The van der Waals surface area contributed by atoms with Crippen molar-refractivity contribution in [1.82, 2.24) is 9.62 Å². The smallest absolute Gasteiger partial charge is 0.243 e. The molecule has 1 N–H and O–H groups in total. The molecule has 0 aliphatic carbocycles. The molecule has 1 amide bonds. The molecule has 0 bridgehead atoms. The second kappa shape index (κ2) is 9.62. The average molecular weight is 431 g/mol. The van der Waals surface area contributed by atoms with Gasteiger partial charge in [-0.15, -0.1) is 0 Å². The fourth-order valence-corrected chi connectivity index (χ4v) is 5.02. The number of sulfonamides is 1. The summed E-state index contributed by atoms with van der Waals surface area (Å²) in [5.41, 5.74) is 2.38. The number of nitrogens with zero attached hydrogens (tertiary/aromatic N) is 1. The lowest BCUT2D eigenvalue weighted by Gasteiger charge is -2.31. The van der Waals surface area contributed by atoms with Crippen molar-refractivity contribution in [2.24, 2.45) is 5.92 Å². The van der Waals surface area contributed by atoms with Crippen LogP contribution in [-0.2, 0) is 14.8 Å². The van der Waals surface area contributed by atoms with Crippen LogP contribution in [-0.4, -0.2) is 44.4 Å². The number of ether oxygens (including phenoxy) is 1. The quantitative estimate of drug-likeness (QED) is 0.731. The minimum absolute atomic E-state index is 0.0389. The van der Waals surface area contributed by atoms with Gasteiger partial charge in [0.25, 0.3) is 0 Å². The molecule has 2 aromatic rings. The molecule has 7 heteroatoms. The van der Waals surface area contributed by atoms with Gasteiger partial charge in [0.1, 0.15) is 12.4 Å². The van der Waals surface area contributed by atoms with Crippen molar-refractivity contribution in [2.75, 3.05) is 19.7 Å². The molecular weight excluding hydrogens is 400 g/mol. The summed E-state index contributed by atoms with van der Waals surface area (Å²) in [6.07, 6.45) is 1.03. The summed E-state index contributed by atoms with van der Waals surface area (Å²) in [7, 11) is -3.50. The molecule has 1 heterocycles. The van der Waals surface area contributed by atoms with Crippen LogP contribution in [0.2, 0.25) is 0 Å². The van der Waals surface area contributed by atoms with Crippen molar-refractivity contribution in [3.63, 3.8) is 0 Å². The second-order valence-electron chi connectivity index (χ2n) is 7.96. The highest BCUT2D eigenvalue weighted by Gasteiger charge is 2.32. The minimum Gasteiger partial charge on any atom is -0.491 e. The number of rotatable bonds is 7. The Labute approximate surface area is 179 Å². The number of nitrogens with one attached hydrogen (secondary N) is 1. The maximum absolute atomic E-state index is 12.7. The number of hydrogen-bond acceptors (Lipinski definition) is 4. The Balaban J connectivity index is 1.47. The van der Waals surface area contributed by atoms with Crippen molar-refractivity contribution < 1.29 is 17.9 Å². The first-order chi connectivity index (χ1) is 14.3. The van der Waals surface area contributed by atoms with Gasteiger partial charge in [-0.2, -0.15) is 4.31 Å². The lowest BCUT2D eigenvalue weighted by atomic mass is 9.97. The van der Waals surface area contributed by atoms with Crippen LogP contribution in [0.15, 0.2) is 53.4 Å². The van der Waals surface area contributed by atoms with E-state index in [0.717, 1.165) is 5.75 Å². The summed E-state index contributed by atoms with van der Waals surface area (Å²) >= 11 is 0. The molecule has 1 aliphatic rings. The summed E-state index contributed by atoms with van der Waals surface area (Å²) in [5.74, 6) is 0.567. The van der Waals surface area contributed by atoms with Gasteiger partial charge in [-0.25, -0.2) is 8.42 Å². The number of hydrogen-bond donors (Lipinski definition) is 1. The van der Waals surface area contributed by atoms with Crippen molar-refractivity contribution in [1.29, 1.82) is 0 Å². The highest BCUT2D eigenvalue weighted by atomic mass is 32.2. The van der Waals surface area contributed by atoms with E-state index >= 15 is 0 Å². The number of carbonyl (C=O) groups excluding carboxylic acids is 1. The van der Waals surface area contributed by atoms with Gasteiger partial charge in [-0.3, -0.25) is 4.79 Å². The van der Waals surface area contributed by atoms with E-state index in [2.05, 4.69) is 12.2 Å².